The summed E-state index contributed by atoms with van der Waals surface area (Å²) in [6.07, 6.45) is 1.06. The van der Waals surface area contributed by atoms with Crippen molar-refractivity contribution in [3.05, 3.63) is 53.1 Å². The summed E-state index contributed by atoms with van der Waals surface area (Å²) in [7, 11) is -0.870. The second-order valence-corrected chi connectivity index (χ2v) is 9.22. The Bertz CT molecular complexity index is 1020. The quantitative estimate of drug-likeness (QED) is 0.689. The Balaban J connectivity index is 2.40. The minimum absolute atomic E-state index is 0.237. The molecule has 1 amide bonds. The van der Waals surface area contributed by atoms with Crippen LogP contribution < -0.4 is 19.1 Å². The maximum Gasteiger partial charge on any atom is 0.244 e. The SMILES string of the molecule is COc1ccc(OC)c(N([C@H](C)C(=O)N[C@H](C)c2cc(C)ccc2C)S(C)(=O)=O)c1. The van der Waals surface area contributed by atoms with E-state index in [-0.39, 0.29) is 11.7 Å². The van der Waals surface area contributed by atoms with E-state index >= 15 is 0 Å². The number of ether oxygens (including phenoxy) is 2. The minimum atomic E-state index is -3.80. The van der Waals surface area contributed by atoms with E-state index in [4.69, 9.17) is 9.47 Å². The lowest BCUT2D eigenvalue weighted by molar-refractivity contribution is -0.122. The van der Waals surface area contributed by atoms with E-state index in [1.807, 2.05) is 39.0 Å². The molecular formula is C22H30N2O5S. The topological polar surface area (TPSA) is 84.9 Å². The molecule has 0 aliphatic heterocycles. The van der Waals surface area contributed by atoms with Crippen molar-refractivity contribution in [2.24, 2.45) is 0 Å². The Morgan fingerprint density at radius 1 is 1.03 bits per heavy atom. The van der Waals surface area contributed by atoms with E-state index in [0.29, 0.717) is 11.5 Å². The lowest BCUT2D eigenvalue weighted by atomic mass is 10.00. The number of sulfonamides is 1. The molecule has 0 unspecified atom stereocenters. The van der Waals surface area contributed by atoms with E-state index in [2.05, 4.69) is 5.32 Å². The van der Waals surface area contributed by atoms with Crippen LogP contribution in [-0.2, 0) is 14.8 Å². The summed E-state index contributed by atoms with van der Waals surface area (Å²) < 4.78 is 36.9. The van der Waals surface area contributed by atoms with Gasteiger partial charge in [-0.05, 0) is 51.0 Å². The van der Waals surface area contributed by atoms with Crippen LogP contribution in [0.1, 0.15) is 36.6 Å². The van der Waals surface area contributed by atoms with E-state index < -0.39 is 22.0 Å². The highest BCUT2D eigenvalue weighted by Gasteiger charge is 2.32. The summed E-state index contributed by atoms with van der Waals surface area (Å²) in [4.78, 5) is 13.0. The second-order valence-electron chi connectivity index (χ2n) is 7.36. The Hall–Kier alpha value is -2.74. The van der Waals surface area contributed by atoms with Crippen LogP contribution in [0.3, 0.4) is 0 Å². The molecule has 0 fully saturated rings. The first-order valence-electron chi connectivity index (χ1n) is 9.58. The molecule has 0 heterocycles. The lowest BCUT2D eigenvalue weighted by Crippen LogP contribution is -2.48. The van der Waals surface area contributed by atoms with E-state index in [1.165, 1.54) is 20.3 Å². The fourth-order valence-electron chi connectivity index (χ4n) is 3.39. The van der Waals surface area contributed by atoms with Gasteiger partial charge in [0.15, 0.2) is 0 Å². The normalized spacial score (nSPS) is 13.3. The summed E-state index contributed by atoms with van der Waals surface area (Å²) in [5, 5.41) is 2.94. The Labute approximate surface area is 179 Å². The van der Waals surface area contributed by atoms with Crippen LogP contribution in [0.4, 0.5) is 5.69 Å². The third-order valence-corrected chi connectivity index (χ3v) is 6.20. The van der Waals surface area contributed by atoms with Gasteiger partial charge in [0.2, 0.25) is 15.9 Å². The van der Waals surface area contributed by atoms with E-state index in [0.717, 1.165) is 27.3 Å². The molecule has 0 saturated heterocycles. The number of benzene rings is 2. The van der Waals surface area contributed by atoms with Crippen molar-refractivity contribution in [3.63, 3.8) is 0 Å². The van der Waals surface area contributed by atoms with Crippen LogP contribution in [0.25, 0.3) is 0 Å². The van der Waals surface area contributed by atoms with Gasteiger partial charge in [-0.25, -0.2) is 8.42 Å². The number of methoxy groups -OCH3 is 2. The van der Waals surface area contributed by atoms with Gasteiger partial charge in [-0.15, -0.1) is 0 Å². The van der Waals surface area contributed by atoms with Crippen molar-refractivity contribution < 1.29 is 22.7 Å². The molecule has 2 rings (SSSR count). The van der Waals surface area contributed by atoms with Crippen molar-refractivity contribution in [2.45, 2.75) is 39.8 Å². The zero-order chi connectivity index (χ0) is 22.6. The predicted octanol–water partition coefficient (Wildman–Crippen LogP) is 3.35. The minimum Gasteiger partial charge on any atom is -0.497 e. The van der Waals surface area contributed by atoms with Crippen molar-refractivity contribution in [1.29, 1.82) is 0 Å². The summed E-state index contributed by atoms with van der Waals surface area (Å²) in [5.74, 6) is 0.359. The third-order valence-electron chi connectivity index (χ3n) is 4.97. The maximum absolute atomic E-state index is 13.0. The van der Waals surface area contributed by atoms with Gasteiger partial charge < -0.3 is 14.8 Å². The first kappa shape index (κ1) is 23.5. The van der Waals surface area contributed by atoms with Crippen LogP contribution in [0, 0.1) is 13.8 Å². The molecule has 0 aliphatic carbocycles. The molecule has 0 radical (unpaired) electrons. The summed E-state index contributed by atoms with van der Waals surface area (Å²) in [6.45, 7) is 7.39. The lowest BCUT2D eigenvalue weighted by Gasteiger charge is -2.30. The molecule has 7 nitrogen and oxygen atoms in total. The highest BCUT2D eigenvalue weighted by Crippen LogP contribution is 2.35. The van der Waals surface area contributed by atoms with Crippen LogP contribution in [0.2, 0.25) is 0 Å². The molecule has 164 valence electrons. The smallest absolute Gasteiger partial charge is 0.244 e. The van der Waals surface area contributed by atoms with Crippen LogP contribution >= 0.6 is 0 Å². The van der Waals surface area contributed by atoms with Gasteiger partial charge in [-0.1, -0.05) is 23.8 Å². The number of rotatable bonds is 8. The molecule has 0 aliphatic rings. The Kier molecular flexibility index (Phi) is 7.36. The first-order valence-corrected chi connectivity index (χ1v) is 11.4. The third kappa shape index (κ3) is 5.24. The van der Waals surface area contributed by atoms with Gasteiger partial charge in [0.05, 0.1) is 32.2 Å². The van der Waals surface area contributed by atoms with Gasteiger partial charge in [0.1, 0.15) is 17.5 Å². The number of hydrogen-bond donors (Lipinski definition) is 1. The summed E-state index contributed by atoms with van der Waals surface area (Å²) in [6, 6.07) is 9.55. The van der Waals surface area contributed by atoms with Crippen molar-refractivity contribution in [3.8, 4) is 11.5 Å². The Morgan fingerprint density at radius 3 is 2.27 bits per heavy atom. The van der Waals surface area contributed by atoms with Crippen LogP contribution in [-0.4, -0.2) is 40.8 Å². The van der Waals surface area contributed by atoms with Crippen LogP contribution in [0.5, 0.6) is 11.5 Å². The highest BCUT2D eigenvalue weighted by molar-refractivity contribution is 7.92. The van der Waals surface area contributed by atoms with Gasteiger partial charge in [-0.3, -0.25) is 9.10 Å². The van der Waals surface area contributed by atoms with Crippen molar-refractivity contribution >= 4 is 21.6 Å². The first-order chi connectivity index (χ1) is 14.0. The Morgan fingerprint density at radius 2 is 1.70 bits per heavy atom. The molecule has 30 heavy (non-hydrogen) atoms. The summed E-state index contributed by atoms with van der Waals surface area (Å²) in [5.41, 5.74) is 3.36. The summed E-state index contributed by atoms with van der Waals surface area (Å²) >= 11 is 0. The van der Waals surface area contributed by atoms with Gasteiger partial charge in [-0.2, -0.15) is 0 Å². The maximum atomic E-state index is 13.0. The molecule has 1 N–H and O–H groups in total. The van der Waals surface area contributed by atoms with Gasteiger partial charge in [0.25, 0.3) is 0 Å². The number of carbonyl (C=O) groups excluding carboxylic acids is 1. The number of nitrogens with zero attached hydrogens (tertiary/aromatic N) is 1. The standard InChI is InChI=1S/C22H30N2O5S/c1-14-8-9-15(2)19(12-14)16(3)23-22(25)17(4)24(30(7,26)27)20-13-18(28-5)10-11-21(20)29-6/h8-13,16-17H,1-7H3,(H,23,25)/t16-,17-/m1/s1. The van der Waals surface area contributed by atoms with Crippen LogP contribution in [0.15, 0.2) is 36.4 Å². The average molecular weight is 435 g/mol. The largest absolute Gasteiger partial charge is 0.497 e. The molecule has 2 atom stereocenters. The fourth-order valence-corrected chi connectivity index (χ4v) is 4.56. The molecule has 2 aromatic carbocycles. The zero-order valence-corrected chi connectivity index (χ0v) is 19.3. The number of aryl methyl sites for hydroxylation is 2. The van der Waals surface area contributed by atoms with Gasteiger partial charge >= 0.3 is 0 Å². The molecule has 0 spiro atoms. The number of amides is 1. The van der Waals surface area contributed by atoms with E-state index in [9.17, 15) is 13.2 Å². The fraction of sp³-hybridized carbons (Fsp3) is 0.409. The molecular weight excluding hydrogens is 404 g/mol. The molecule has 0 bridgehead atoms. The molecule has 0 saturated carbocycles. The number of nitrogens with one attached hydrogen (secondary N) is 1. The monoisotopic (exact) mass is 434 g/mol. The molecule has 8 heteroatoms. The second kappa shape index (κ2) is 9.38. The van der Waals surface area contributed by atoms with Crippen molar-refractivity contribution in [1.82, 2.24) is 5.32 Å². The van der Waals surface area contributed by atoms with Gasteiger partial charge in [0, 0.05) is 6.07 Å². The predicted molar refractivity (Wildman–Crippen MR) is 119 cm³/mol. The number of carbonyl (C=O) groups is 1. The number of hydrogen-bond acceptors (Lipinski definition) is 5. The van der Waals surface area contributed by atoms with Crippen molar-refractivity contribution in [2.75, 3.05) is 24.8 Å². The molecule has 2 aromatic rings. The molecule has 0 aromatic heterocycles. The zero-order valence-electron chi connectivity index (χ0n) is 18.5. The highest BCUT2D eigenvalue weighted by atomic mass is 32.2. The average Bonchev–Trinajstić information content (AvgIpc) is 2.68. The van der Waals surface area contributed by atoms with E-state index in [1.54, 1.807) is 19.1 Å². The number of anilines is 1.